The van der Waals surface area contributed by atoms with Crippen LogP contribution in [0.15, 0.2) is 46.9 Å². The predicted molar refractivity (Wildman–Crippen MR) is 83.0 cm³/mol. The molecule has 1 aliphatic rings. The summed E-state index contributed by atoms with van der Waals surface area (Å²) in [6.45, 7) is -0.517. The van der Waals surface area contributed by atoms with E-state index in [9.17, 15) is 19.5 Å². The van der Waals surface area contributed by atoms with Gasteiger partial charge in [-0.1, -0.05) is 28.1 Å². The molecular weight excluding hydrogens is 366 g/mol. The normalized spacial score (nSPS) is 13.2. The molecule has 0 atom stereocenters. The minimum absolute atomic E-state index is 0.0593. The van der Waals surface area contributed by atoms with Gasteiger partial charge in [0.25, 0.3) is 11.8 Å². The molecule has 0 bridgehead atoms. The van der Waals surface area contributed by atoms with Gasteiger partial charge in [0.1, 0.15) is 11.3 Å². The Balaban J connectivity index is 1.75. The molecule has 116 valence electrons. The molecular formula is C16H10BrNO5. The fourth-order valence-electron chi connectivity index (χ4n) is 2.23. The fourth-order valence-corrected chi connectivity index (χ4v) is 2.59. The first kappa shape index (κ1) is 15.2. The van der Waals surface area contributed by atoms with Gasteiger partial charge in [-0.2, -0.15) is 0 Å². The van der Waals surface area contributed by atoms with E-state index in [-0.39, 0.29) is 22.4 Å². The molecule has 0 spiro atoms. The molecule has 2 amide bonds. The highest BCUT2D eigenvalue weighted by Crippen LogP contribution is 2.24. The van der Waals surface area contributed by atoms with Crippen molar-refractivity contribution in [1.29, 1.82) is 0 Å². The lowest BCUT2D eigenvalue weighted by Crippen LogP contribution is -2.33. The number of ether oxygens (including phenoxy) is 1. The molecule has 23 heavy (non-hydrogen) atoms. The summed E-state index contributed by atoms with van der Waals surface area (Å²) >= 11 is 3.18. The first-order valence-corrected chi connectivity index (χ1v) is 7.39. The number of halogens is 1. The monoisotopic (exact) mass is 375 g/mol. The Bertz CT molecular complexity index is 798. The molecule has 0 saturated heterocycles. The second-order valence-corrected chi connectivity index (χ2v) is 5.72. The van der Waals surface area contributed by atoms with E-state index in [4.69, 9.17) is 4.74 Å². The zero-order valence-corrected chi connectivity index (χ0v) is 13.2. The Kier molecular flexibility index (Phi) is 3.87. The Hall–Kier alpha value is -2.67. The third kappa shape index (κ3) is 2.70. The number of rotatable bonds is 3. The number of benzene rings is 2. The number of fused-ring (bicyclic) bond motifs is 1. The zero-order valence-electron chi connectivity index (χ0n) is 11.7. The van der Waals surface area contributed by atoms with Crippen molar-refractivity contribution in [3.8, 4) is 5.75 Å². The third-order valence-corrected chi connectivity index (χ3v) is 3.87. The molecule has 0 saturated carbocycles. The summed E-state index contributed by atoms with van der Waals surface area (Å²) in [7, 11) is 0. The van der Waals surface area contributed by atoms with Crippen molar-refractivity contribution in [1.82, 2.24) is 4.90 Å². The maximum absolute atomic E-state index is 12.1. The van der Waals surface area contributed by atoms with Crippen molar-refractivity contribution in [3.05, 3.63) is 63.6 Å². The molecule has 1 heterocycles. The standard InChI is InChI=1S/C16H10BrNO5/c17-9-5-6-13(19)12(7-9)16(22)23-8-18-14(20)10-3-1-2-4-11(10)15(18)21/h1-7,19H,8H2. The lowest BCUT2D eigenvalue weighted by molar-refractivity contribution is 0.0226. The van der Waals surface area contributed by atoms with Gasteiger partial charge in [0.2, 0.25) is 0 Å². The second kappa shape index (κ2) is 5.85. The van der Waals surface area contributed by atoms with Crippen molar-refractivity contribution in [2.75, 3.05) is 6.73 Å². The van der Waals surface area contributed by atoms with Gasteiger partial charge in [-0.3, -0.25) is 9.59 Å². The van der Waals surface area contributed by atoms with E-state index in [2.05, 4.69) is 15.9 Å². The van der Waals surface area contributed by atoms with Gasteiger partial charge in [-0.25, -0.2) is 9.69 Å². The summed E-state index contributed by atoms with van der Waals surface area (Å²) in [6, 6.07) is 10.7. The van der Waals surface area contributed by atoms with E-state index in [1.165, 1.54) is 24.3 Å². The lowest BCUT2D eigenvalue weighted by Gasteiger charge is -2.14. The van der Waals surface area contributed by atoms with E-state index < -0.39 is 24.5 Å². The summed E-state index contributed by atoms with van der Waals surface area (Å²) in [5, 5.41) is 9.67. The number of phenolic OH excluding ortho intramolecular Hbond substituents is 1. The number of hydrogen-bond donors (Lipinski definition) is 1. The summed E-state index contributed by atoms with van der Waals surface area (Å²) in [6.07, 6.45) is 0. The minimum Gasteiger partial charge on any atom is -0.507 e. The molecule has 1 aliphatic heterocycles. The molecule has 7 heteroatoms. The number of amides is 2. The Labute approximate surface area is 139 Å². The summed E-state index contributed by atoms with van der Waals surface area (Å²) < 4.78 is 5.57. The first-order valence-electron chi connectivity index (χ1n) is 6.60. The molecule has 0 radical (unpaired) electrons. The average molecular weight is 376 g/mol. The maximum Gasteiger partial charge on any atom is 0.343 e. The number of carbonyl (C=O) groups excluding carboxylic acids is 3. The molecule has 0 aromatic heterocycles. The van der Waals surface area contributed by atoms with E-state index in [0.29, 0.717) is 4.47 Å². The van der Waals surface area contributed by atoms with Crippen LogP contribution in [-0.4, -0.2) is 34.5 Å². The first-order chi connectivity index (χ1) is 11.0. The molecule has 3 rings (SSSR count). The highest BCUT2D eigenvalue weighted by Gasteiger charge is 2.35. The summed E-state index contributed by atoms with van der Waals surface area (Å²) in [5.41, 5.74) is 0.494. The van der Waals surface area contributed by atoms with Crippen molar-refractivity contribution in [2.45, 2.75) is 0 Å². The zero-order chi connectivity index (χ0) is 16.6. The summed E-state index contributed by atoms with van der Waals surface area (Å²) in [5.74, 6) is -2.12. The fraction of sp³-hybridized carbons (Fsp3) is 0.0625. The molecule has 0 fully saturated rings. The third-order valence-electron chi connectivity index (χ3n) is 3.38. The van der Waals surface area contributed by atoms with Crippen LogP contribution in [-0.2, 0) is 4.74 Å². The Morgan fingerprint density at radius 3 is 2.30 bits per heavy atom. The van der Waals surface area contributed by atoms with Crippen molar-refractivity contribution in [3.63, 3.8) is 0 Å². The van der Waals surface area contributed by atoms with Gasteiger partial charge >= 0.3 is 5.97 Å². The molecule has 2 aromatic carbocycles. The highest BCUT2D eigenvalue weighted by molar-refractivity contribution is 9.10. The second-order valence-electron chi connectivity index (χ2n) is 4.81. The van der Waals surface area contributed by atoms with E-state index in [0.717, 1.165) is 4.90 Å². The number of nitrogens with zero attached hydrogens (tertiary/aromatic N) is 1. The quantitative estimate of drug-likeness (QED) is 0.658. The Morgan fingerprint density at radius 2 is 1.70 bits per heavy atom. The van der Waals surface area contributed by atoms with Crippen LogP contribution < -0.4 is 0 Å². The van der Waals surface area contributed by atoms with Crippen LogP contribution in [0.3, 0.4) is 0 Å². The number of hydrogen-bond acceptors (Lipinski definition) is 5. The van der Waals surface area contributed by atoms with Crippen LogP contribution in [0.5, 0.6) is 5.75 Å². The molecule has 0 aliphatic carbocycles. The number of imide groups is 1. The Morgan fingerprint density at radius 1 is 1.09 bits per heavy atom. The predicted octanol–water partition coefficient (Wildman–Crippen LogP) is 2.57. The van der Waals surface area contributed by atoms with Crippen LogP contribution in [0.25, 0.3) is 0 Å². The molecule has 1 N–H and O–H groups in total. The van der Waals surface area contributed by atoms with Gasteiger partial charge in [-0.15, -0.1) is 0 Å². The van der Waals surface area contributed by atoms with Crippen LogP contribution >= 0.6 is 15.9 Å². The van der Waals surface area contributed by atoms with Gasteiger partial charge < -0.3 is 9.84 Å². The largest absolute Gasteiger partial charge is 0.507 e. The molecule has 6 nitrogen and oxygen atoms in total. The van der Waals surface area contributed by atoms with E-state index in [1.54, 1.807) is 18.2 Å². The minimum atomic E-state index is -0.833. The smallest absolute Gasteiger partial charge is 0.343 e. The lowest BCUT2D eigenvalue weighted by atomic mass is 10.1. The number of phenols is 1. The number of aromatic hydroxyl groups is 1. The van der Waals surface area contributed by atoms with Crippen LogP contribution in [0.1, 0.15) is 31.1 Å². The van der Waals surface area contributed by atoms with E-state index in [1.807, 2.05) is 0 Å². The van der Waals surface area contributed by atoms with Gasteiger partial charge in [0, 0.05) is 4.47 Å². The van der Waals surface area contributed by atoms with Crippen molar-refractivity contribution >= 4 is 33.7 Å². The van der Waals surface area contributed by atoms with Gasteiger partial charge in [-0.05, 0) is 30.3 Å². The average Bonchev–Trinajstić information content (AvgIpc) is 2.79. The van der Waals surface area contributed by atoms with Crippen LogP contribution in [0.2, 0.25) is 0 Å². The van der Waals surface area contributed by atoms with Crippen molar-refractivity contribution < 1.29 is 24.2 Å². The summed E-state index contributed by atoms with van der Waals surface area (Å²) in [4.78, 5) is 37.1. The number of esters is 1. The van der Waals surface area contributed by atoms with Crippen LogP contribution in [0.4, 0.5) is 0 Å². The van der Waals surface area contributed by atoms with Gasteiger partial charge in [0.15, 0.2) is 6.73 Å². The van der Waals surface area contributed by atoms with E-state index >= 15 is 0 Å². The van der Waals surface area contributed by atoms with Gasteiger partial charge in [0.05, 0.1) is 11.1 Å². The SMILES string of the molecule is O=C(OCN1C(=O)c2ccccc2C1=O)c1cc(Br)ccc1O. The molecule has 2 aromatic rings. The molecule has 0 unspecified atom stereocenters. The maximum atomic E-state index is 12.1. The van der Waals surface area contributed by atoms with Crippen molar-refractivity contribution in [2.24, 2.45) is 0 Å². The highest BCUT2D eigenvalue weighted by atomic mass is 79.9. The topological polar surface area (TPSA) is 83.9 Å². The number of carbonyl (C=O) groups is 3. The van der Waals surface area contributed by atoms with Crippen LogP contribution in [0, 0.1) is 0 Å².